The van der Waals surface area contributed by atoms with E-state index in [1.807, 2.05) is 19.3 Å². The van der Waals surface area contributed by atoms with Crippen LogP contribution in [-0.4, -0.2) is 39.5 Å². The fourth-order valence-corrected chi connectivity index (χ4v) is 2.67. The third-order valence-corrected chi connectivity index (χ3v) is 4.22. The Morgan fingerprint density at radius 1 is 1.30 bits per heavy atom. The zero-order chi connectivity index (χ0) is 14.8. The van der Waals surface area contributed by atoms with Gasteiger partial charge in [-0.3, -0.25) is 0 Å². The minimum atomic E-state index is -0.138. The second-order valence-electron chi connectivity index (χ2n) is 5.49. The molecule has 1 aromatic heterocycles. The van der Waals surface area contributed by atoms with Gasteiger partial charge in [0.1, 0.15) is 0 Å². The minimum absolute atomic E-state index is 0.138. The van der Waals surface area contributed by atoms with Crippen LogP contribution < -0.4 is 5.32 Å². The number of nitrogens with zero attached hydrogens (tertiary/aromatic N) is 2. The van der Waals surface area contributed by atoms with Crippen molar-refractivity contribution in [2.45, 2.75) is 57.1 Å². The number of rotatable bonds is 10. The summed E-state index contributed by atoms with van der Waals surface area (Å²) in [5.74, 6) is 1.03. The number of thioether (sulfide) groups is 1. The molecule has 0 radical (unpaired) electrons. The molecule has 5 heteroatoms. The van der Waals surface area contributed by atoms with Gasteiger partial charge in [0.15, 0.2) is 5.16 Å². The number of hydrogen-bond donors (Lipinski definition) is 2. The van der Waals surface area contributed by atoms with Gasteiger partial charge in [-0.1, -0.05) is 25.1 Å². The van der Waals surface area contributed by atoms with Crippen molar-refractivity contribution in [3.05, 3.63) is 18.0 Å². The number of hydrogen-bond acceptors (Lipinski definition) is 5. The summed E-state index contributed by atoms with van der Waals surface area (Å²) >= 11 is 1.70. The molecule has 0 amide bonds. The second kappa shape index (κ2) is 9.32. The molecule has 1 heterocycles. The van der Waals surface area contributed by atoms with E-state index in [0.717, 1.165) is 48.7 Å². The van der Waals surface area contributed by atoms with Crippen molar-refractivity contribution in [2.75, 3.05) is 18.9 Å². The lowest BCUT2D eigenvalue weighted by molar-refractivity contribution is 0.163. The van der Waals surface area contributed by atoms with Crippen LogP contribution in [0.15, 0.2) is 17.6 Å². The quantitative estimate of drug-likeness (QED) is 0.395. The lowest BCUT2D eigenvalue weighted by atomic mass is 9.96. The first-order valence-electron chi connectivity index (χ1n) is 7.37. The van der Waals surface area contributed by atoms with Crippen LogP contribution in [0.2, 0.25) is 0 Å². The van der Waals surface area contributed by atoms with Gasteiger partial charge >= 0.3 is 0 Å². The van der Waals surface area contributed by atoms with Crippen molar-refractivity contribution in [1.29, 1.82) is 0 Å². The van der Waals surface area contributed by atoms with Crippen molar-refractivity contribution in [3.8, 4) is 0 Å². The van der Waals surface area contributed by atoms with Crippen molar-refractivity contribution in [1.82, 2.24) is 15.3 Å². The Morgan fingerprint density at radius 3 is 2.60 bits per heavy atom. The van der Waals surface area contributed by atoms with Gasteiger partial charge in [0.05, 0.1) is 6.61 Å². The topological polar surface area (TPSA) is 58.0 Å². The lowest BCUT2D eigenvalue weighted by Gasteiger charge is -2.28. The van der Waals surface area contributed by atoms with Gasteiger partial charge < -0.3 is 10.4 Å². The Balaban J connectivity index is 2.18. The number of aryl methyl sites for hydroxylation is 1. The molecule has 0 aliphatic heterocycles. The summed E-state index contributed by atoms with van der Waals surface area (Å²) in [5, 5.41) is 13.8. The first kappa shape index (κ1) is 17.4. The van der Waals surface area contributed by atoms with Gasteiger partial charge in [-0.15, -0.1) is 0 Å². The Bertz CT molecular complexity index is 372. The monoisotopic (exact) mass is 297 g/mol. The highest BCUT2D eigenvalue weighted by Gasteiger charge is 2.21. The van der Waals surface area contributed by atoms with Gasteiger partial charge in [-0.2, -0.15) is 0 Å². The van der Waals surface area contributed by atoms with Crippen LogP contribution in [0.4, 0.5) is 0 Å². The summed E-state index contributed by atoms with van der Waals surface area (Å²) in [5.41, 5.74) is 0.955. The molecule has 1 rings (SSSR count). The maximum atomic E-state index is 9.48. The van der Waals surface area contributed by atoms with E-state index >= 15 is 0 Å². The van der Waals surface area contributed by atoms with E-state index in [4.69, 9.17) is 0 Å². The van der Waals surface area contributed by atoms with Crippen molar-refractivity contribution < 1.29 is 5.11 Å². The van der Waals surface area contributed by atoms with Crippen LogP contribution in [-0.2, 0) is 0 Å². The lowest BCUT2D eigenvalue weighted by Crippen LogP contribution is -2.46. The van der Waals surface area contributed by atoms with Crippen LogP contribution in [0.1, 0.15) is 45.1 Å². The Hall–Kier alpha value is -0.650. The first-order valence-corrected chi connectivity index (χ1v) is 8.35. The minimum Gasteiger partial charge on any atom is -0.394 e. The highest BCUT2D eigenvalue weighted by molar-refractivity contribution is 7.99. The zero-order valence-electron chi connectivity index (χ0n) is 12.9. The number of aromatic nitrogens is 2. The summed E-state index contributed by atoms with van der Waals surface area (Å²) < 4.78 is 0. The highest BCUT2D eigenvalue weighted by Crippen LogP contribution is 2.18. The molecule has 20 heavy (non-hydrogen) atoms. The molecule has 0 aliphatic carbocycles. The average Bonchev–Trinajstić information content (AvgIpc) is 2.47. The number of nitrogens with one attached hydrogen (secondary N) is 1. The molecular weight excluding hydrogens is 270 g/mol. The molecule has 1 aromatic rings. The van der Waals surface area contributed by atoms with Gasteiger partial charge in [0, 0.05) is 23.7 Å². The molecule has 1 atom stereocenters. The van der Waals surface area contributed by atoms with Crippen molar-refractivity contribution >= 4 is 11.8 Å². The SMILES string of the molecule is CCCNC(C)(CO)CCCCSc1ncc(C)cn1. The Morgan fingerprint density at radius 2 is 2.00 bits per heavy atom. The summed E-state index contributed by atoms with van der Waals surface area (Å²) in [6, 6.07) is 0. The van der Waals surface area contributed by atoms with E-state index in [1.165, 1.54) is 0 Å². The van der Waals surface area contributed by atoms with E-state index in [2.05, 4.69) is 29.1 Å². The van der Waals surface area contributed by atoms with Crippen LogP contribution in [0.5, 0.6) is 0 Å². The second-order valence-corrected chi connectivity index (χ2v) is 6.56. The molecule has 0 aromatic carbocycles. The number of aliphatic hydroxyl groups excluding tert-OH is 1. The third-order valence-electron chi connectivity index (χ3n) is 3.26. The van der Waals surface area contributed by atoms with Crippen LogP contribution in [0, 0.1) is 6.92 Å². The molecule has 114 valence electrons. The van der Waals surface area contributed by atoms with Gasteiger partial charge in [0.2, 0.25) is 0 Å². The fraction of sp³-hybridized carbons (Fsp3) is 0.733. The van der Waals surface area contributed by atoms with Gasteiger partial charge in [0.25, 0.3) is 0 Å². The van der Waals surface area contributed by atoms with Crippen molar-refractivity contribution in [3.63, 3.8) is 0 Å². The third kappa shape index (κ3) is 6.68. The molecule has 1 unspecified atom stereocenters. The summed E-state index contributed by atoms with van der Waals surface area (Å²) in [6.07, 6.45) is 8.02. The maximum Gasteiger partial charge on any atom is 0.187 e. The van der Waals surface area contributed by atoms with Crippen LogP contribution in [0.3, 0.4) is 0 Å². The van der Waals surface area contributed by atoms with E-state index in [1.54, 1.807) is 11.8 Å². The normalized spacial score (nSPS) is 14.2. The van der Waals surface area contributed by atoms with E-state index in [0.29, 0.717) is 0 Å². The Kier molecular flexibility index (Phi) is 8.11. The molecule has 0 aliphatic rings. The average molecular weight is 297 g/mol. The fourth-order valence-electron chi connectivity index (χ4n) is 1.89. The smallest absolute Gasteiger partial charge is 0.187 e. The van der Waals surface area contributed by atoms with Gasteiger partial charge in [-0.05, 0) is 45.2 Å². The molecular formula is C15H27N3OS. The number of aliphatic hydroxyl groups is 1. The predicted molar refractivity (Wildman–Crippen MR) is 85.1 cm³/mol. The molecule has 0 spiro atoms. The Labute approximate surface area is 126 Å². The maximum absolute atomic E-state index is 9.48. The van der Waals surface area contributed by atoms with Crippen molar-refractivity contribution in [2.24, 2.45) is 0 Å². The molecule has 0 fully saturated rings. The molecule has 0 saturated heterocycles. The van der Waals surface area contributed by atoms with Crippen LogP contribution >= 0.6 is 11.8 Å². The highest BCUT2D eigenvalue weighted by atomic mass is 32.2. The molecule has 0 saturated carbocycles. The van der Waals surface area contributed by atoms with Crippen LogP contribution in [0.25, 0.3) is 0 Å². The predicted octanol–water partition coefficient (Wildman–Crippen LogP) is 2.80. The molecule has 2 N–H and O–H groups in total. The van der Waals surface area contributed by atoms with E-state index in [9.17, 15) is 5.11 Å². The van der Waals surface area contributed by atoms with Gasteiger partial charge in [-0.25, -0.2) is 9.97 Å². The number of unbranched alkanes of at least 4 members (excludes halogenated alkanes) is 1. The standard InChI is InChI=1S/C15H27N3OS/c1-4-8-18-15(3,12-19)7-5-6-9-20-14-16-10-13(2)11-17-14/h10-11,18-19H,4-9,12H2,1-3H3. The first-order chi connectivity index (χ1) is 9.59. The molecule has 4 nitrogen and oxygen atoms in total. The summed E-state index contributed by atoms with van der Waals surface area (Å²) in [4.78, 5) is 8.56. The van der Waals surface area contributed by atoms with E-state index in [-0.39, 0.29) is 12.1 Å². The zero-order valence-corrected chi connectivity index (χ0v) is 13.7. The summed E-state index contributed by atoms with van der Waals surface area (Å²) in [7, 11) is 0. The largest absolute Gasteiger partial charge is 0.394 e. The summed E-state index contributed by atoms with van der Waals surface area (Å²) in [6.45, 7) is 7.39. The van der Waals surface area contributed by atoms with E-state index < -0.39 is 0 Å². The molecule has 0 bridgehead atoms.